The molecule has 1 N–H and O–H groups in total. The number of ether oxygens (including phenoxy) is 1. The van der Waals surface area contributed by atoms with Crippen LogP contribution in [0, 0.1) is 13.8 Å². The maximum absolute atomic E-state index is 11.8. The van der Waals surface area contributed by atoms with Gasteiger partial charge in [0.15, 0.2) is 0 Å². The minimum Gasteiger partial charge on any atom is -0.461 e. The fraction of sp³-hybridized carbons (Fsp3) is 0.267. The van der Waals surface area contributed by atoms with Crippen molar-refractivity contribution in [1.82, 2.24) is 4.98 Å². The lowest BCUT2D eigenvalue weighted by atomic mass is 10.1. The largest absolute Gasteiger partial charge is 0.461 e. The Morgan fingerprint density at radius 1 is 1.17 bits per heavy atom. The molecule has 0 spiro atoms. The summed E-state index contributed by atoms with van der Waals surface area (Å²) in [5.41, 5.74) is 4.65. The van der Waals surface area contributed by atoms with E-state index in [9.17, 15) is 4.79 Å². The molecule has 2 aromatic rings. The molecule has 0 unspecified atom stereocenters. The first kappa shape index (κ1) is 12.4. The Balaban J connectivity index is 2.46. The number of benzene rings is 1. The van der Waals surface area contributed by atoms with Gasteiger partial charge in [0.2, 0.25) is 0 Å². The van der Waals surface area contributed by atoms with Crippen LogP contribution in [0.2, 0.25) is 0 Å². The summed E-state index contributed by atoms with van der Waals surface area (Å²) >= 11 is 0. The van der Waals surface area contributed by atoms with E-state index in [4.69, 9.17) is 4.74 Å². The number of carbonyl (C=O) groups excluding carboxylic acids is 1. The lowest BCUT2D eigenvalue weighted by Gasteiger charge is -2.00. The molecule has 3 nitrogen and oxygen atoms in total. The quantitative estimate of drug-likeness (QED) is 0.839. The van der Waals surface area contributed by atoms with Crippen LogP contribution in [0.5, 0.6) is 0 Å². The fourth-order valence-corrected chi connectivity index (χ4v) is 1.99. The van der Waals surface area contributed by atoms with Crippen molar-refractivity contribution in [1.29, 1.82) is 0 Å². The van der Waals surface area contributed by atoms with Gasteiger partial charge in [-0.25, -0.2) is 4.79 Å². The van der Waals surface area contributed by atoms with Crippen molar-refractivity contribution in [3.63, 3.8) is 0 Å². The maximum atomic E-state index is 11.8. The van der Waals surface area contributed by atoms with Crippen LogP contribution in [0.3, 0.4) is 0 Å². The summed E-state index contributed by atoms with van der Waals surface area (Å²) in [4.78, 5) is 15.0. The third kappa shape index (κ3) is 2.16. The molecule has 0 aliphatic carbocycles. The molecule has 1 aromatic heterocycles. The Bertz CT molecular complexity index is 555. The predicted octanol–water partition coefficient (Wildman–Crippen LogP) is 3.48. The molecular weight excluding hydrogens is 226 g/mol. The second-order valence-electron chi connectivity index (χ2n) is 4.21. The van der Waals surface area contributed by atoms with Crippen molar-refractivity contribution in [2.75, 3.05) is 6.61 Å². The Morgan fingerprint density at radius 3 is 2.44 bits per heavy atom. The van der Waals surface area contributed by atoms with E-state index in [1.165, 1.54) is 0 Å². The van der Waals surface area contributed by atoms with Gasteiger partial charge in [0, 0.05) is 5.69 Å². The fourth-order valence-electron chi connectivity index (χ4n) is 1.99. The Labute approximate surface area is 107 Å². The number of rotatable bonds is 3. The Morgan fingerprint density at radius 2 is 1.83 bits per heavy atom. The van der Waals surface area contributed by atoms with Crippen molar-refractivity contribution in [3.8, 4) is 11.3 Å². The highest BCUT2D eigenvalue weighted by molar-refractivity contribution is 5.91. The highest BCUT2D eigenvalue weighted by Gasteiger charge is 2.18. The zero-order chi connectivity index (χ0) is 13.1. The van der Waals surface area contributed by atoms with Crippen LogP contribution in [0.15, 0.2) is 30.3 Å². The van der Waals surface area contributed by atoms with Gasteiger partial charge in [-0.15, -0.1) is 0 Å². The van der Waals surface area contributed by atoms with E-state index >= 15 is 0 Å². The molecule has 1 heterocycles. The first-order valence-electron chi connectivity index (χ1n) is 6.06. The van der Waals surface area contributed by atoms with Gasteiger partial charge in [-0.05, 0) is 37.5 Å². The van der Waals surface area contributed by atoms with Crippen LogP contribution in [-0.2, 0) is 4.74 Å². The molecule has 0 atom stereocenters. The highest BCUT2D eigenvalue weighted by Crippen LogP contribution is 2.27. The number of carbonyl (C=O) groups is 1. The maximum Gasteiger partial charge on any atom is 0.355 e. The van der Waals surface area contributed by atoms with E-state index in [2.05, 4.69) is 4.98 Å². The zero-order valence-electron chi connectivity index (χ0n) is 10.9. The van der Waals surface area contributed by atoms with Gasteiger partial charge in [-0.3, -0.25) is 0 Å². The van der Waals surface area contributed by atoms with Gasteiger partial charge in [0.25, 0.3) is 0 Å². The monoisotopic (exact) mass is 243 g/mol. The van der Waals surface area contributed by atoms with E-state index in [0.717, 1.165) is 22.4 Å². The smallest absolute Gasteiger partial charge is 0.355 e. The molecule has 0 amide bonds. The van der Waals surface area contributed by atoms with E-state index in [1.54, 1.807) is 6.92 Å². The third-order valence-electron chi connectivity index (χ3n) is 3.10. The molecule has 0 aliphatic rings. The third-order valence-corrected chi connectivity index (χ3v) is 3.10. The van der Waals surface area contributed by atoms with E-state index < -0.39 is 0 Å². The molecule has 2 rings (SSSR count). The van der Waals surface area contributed by atoms with E-state index in [0.29, 0.717) is 12.3 Å². The first-order valence-corrected chi connectivity index (χ1v) is 6.06. The average molecular weight is 243 g/mol. The number of aromatic amines is 1. The summed E-state index contributed by atoms with van der Waals surface area (Å²) in [5.74, 6) is -0.291. The summed E-state index contributed by atoms with van der Waals surface area (Å²) in [6.45, 7) is 6.14. The van der Waals surface area contributed by atoms with Crippen molar-refractivity contribution in [3.05, 3.63) is 47.2 Å². The summed E-state index contributed by atoms with van der Waals surface area (Å²) in [5, 5.41) is 0. The lowest BCUT2D eigenvalue weighted by molar-refractivity contribution is 0.0519. The van der Waals surface area contributed by atoms with Crippen LogP contribution >= 0.6 is 0 Å². The number of esters is 1. The van der Waals surface area contributed by atoms with Gasteiger partial charge in [-0.1, -0.05) is 30.3 Å². The van der Waals surface area contributed by atoms with Gasteiger partial charge >= 0.3 is 5.97 Å². The summed E-state index contributed by atoms with van der Waals surface area (Å²) in [6, 6.07) is 9.98. The first-order chi connectivity index (χ1) is 8.65. The van der Waals surface area contributed by atoms with Crippen molar-refractivity contribution in [2.45, 2.75) is 20.8 Å². The lowest BCUT2D eigenvalue weighted by Crippen LogP contribution is -2.06. The number of aromatic nitrogens is 1. The predicted molar refractivity (Wildman–Crippen MR) is 71.7 cm³/mol. The number of hydrogen-bond donors (Lipinski definition) is 1. The topological polar surface area (TPSA) is 42.1 Å². The summed E-state index contributed by atoms with van der Waals surface area (Å²) < 4.78 is 5.04. The molecular formula is C15H17NO2. The molecule has 0 saturated carbocycles. The SMILES string of the molecule is CCOC(=O)c1[nH]c(-c2ccccc2)c(C)c1C. The number of hydrogen-bond acceptors (Lipinski definition) is 2. The molecule has 0 bridgehead atoms. The summed E-state index contributed by atoms with van der Waals surface area (Å²) in [7, 11) is 0. The van der Waals surface area contributed by atoms with Gasteiger partial charge in [0.05, 0.1) is 6.61 Å². The van der Waals surface area contributed by atoms with Crippen LogP contribution in [-0.4, -0.2) is 17.6 Å². The van der Waals surface area contributed by atoms with Crippen molar-refractivity contribution >= 4 is 5.97 Å². The van der Waals surface area contributed by atoms with Gasteiger partial charge in [-0.2, -0.15) is 0 Å². The van der Waals surface area contributed by atoms with E-state index in [-0.39, 0.29) is 5.97 Å². The van der Waals surface area contributed by atoms with E-state index in [1.807, 2.05) is 44.2 Å². The molecule has 0 radical (unpaired) electrons. The van der Waals surface area contributed by atoms with Crippen LogP contribution in [0.4, 0.5) is 0 Å². The minimum atomic E-state index is -0.291. The minimum absolute atomic E-state index is 0.291. The molecule has 94 valence electrons. The molecule has 0 saturated heterocycles. The second-order valence-corrected chi connectivity index (χ2v) is 4.21. The average Bonchev–Trinajstić information content (AvgIpc) is 2.68. The van der Waals surface area contributed by atoms with Crippen LogP contribution in [0.1, 0.15) is 28.5 Å². The molecule has 18 heavy (non-hydrogen) atoms. The normalized spacial score (nSPS) is 10.4. The van der Waals surface area contributed by atoms with Crippen molar-refractivity contribution < 1.29 is 9.53 Å². The molecule has 0 fully saturated rings. The van der Waals surface area contributed by atoms with Gasteiger partial charge in [0.1, 0.15) is 5.69 Å². The molecule has 1 aromatic carbocycles. The highest BCUT2D eigenvalue weighted by atomic mass is 16.5. The molecule has 0 aliphatic heterocycles. The van der Waals surface area contributed by atoms with Crippen LogP contribution < -0.4 is 0 Å². The molecule has 3 heteroatoms. The standard InChI is InChI=1S/C15H17NO2/c1-4-18-15(17)14-11(3)10(2)13(16-14)12-8-6-5-7-9-12/h5-9,16H,4H2,1-3H3. The summed E-state index contributed by atoms with van der Waals surface area (Å²) in [6.07, 6.45) is 0. The van der Waals surface area contributed by atoms with Crippen molar-refractivity contribution in [2.24, 2.45) is 0 Å². The Kier molecular flexibility index (Phi) is 3.51. The number of nitrogens with one attached hydrogen (secondary N) is 1. The Hall–Kier alpha value is -2.03. The zero-order valence-corrected chi connectivity index (χ0v) is 10.9. The van der Waals surface area contributed by atoms with Gasteiger partial charge < -0.3 is 9.72 Å². The van der Waals surface area contributed by atoms with Crippen LogP contribution in [0.25, 0.3) is 11.3 Å². The number of H-pyrrole nitrogens is 1. The second kappa shape index (κ2) is 5.08.